The van der Waals surface area contributed by atoms with E-state index in [4.69, 9.17) is 5.41 Å². The molecule has 1 aromatic carbocycles. The lowest BCUT2D eigenvalue weighted by Gasteiger charge is -2.45. The number of nitrogens with zero attached hydrogens (tertiary/aromatic N) is 2. The van der Waals surface area contributed by atoms with Crippen LogP contribution in [0.15, 0.2) is 40.4 Å². The molecule has 0 saturated heterocycles. The number of rotatable bonds is 4. The van der Waals surface area contributed by atoms with E-state index < -0.39 is 10.0 Å². The maximum absolute atomic E-state index is 13.8. The van der Waals surface area contributed by atoms with Crippen LogP contribution in [0.2, 0.25) is 0 Å². The van der Waals surface area contributed by atoms with Gasteiger partial charge < -0.3 is 5.32 Å². The highest BCUT2D eigenvalue weighted by Gasteiger charge is 2.46. The second kappa shape index (κ2) is 9.66. The first-order valence-electron chi connectivity index (χ1n) is 12.0. The third-order valence-electron chi connectivity index (χ3n) is 7.28. The summed E-state index contributed by atoms with van der Waals surface area (Å²) < 4.78 is 28.8. The molecule has 7 heteroatoms. The molecule has 1 aliphatic heterocycles. The molecule has 2 N–H and O–H groups in total. The molecule has 0 spiro atoms. The van der Waals surface area contributed by atoms with Crippen LogP contribution in [0.4, 0.5) is 0 Å². The van der Waals surface area contributed by atoms with Crippen molar-refractivity contribution in [2.75, 3.05) is 0 Å². The van der Waals surface area contributed by atoms with E-state index in [-0.39, 0.29) is 28.3 Å². The molecule has 6 nitrogen and oxygen atoms in total. The monoisotopic (exact) mass is 454 g/mol. The highest BCUT2D eigenvalue weighted by Crippen LogP contribution is 2.40. The van der Waals surface area contributed by atoms with E-state index in [1.807, 2.05) is 6.92 Å². The summed E-state index contributed by atoms with van der Waals surface area (Å²) in [6, 6.07) is 8.99. The summed E-state index contributed by atoms with van der Waals surface area (Å²) in [6.45, 7) is 1.92. The summed E-state index contributed by atoms with van der Waals surface area (Å²) in [5.41, 5.74) is 2.01. The van der Waals surface area contributed by atoms with Crippen LogP contribution in [0.5, 0.6) is 0 Å². The molecule has 2 atom stereocenters. The van der Waals surface area contributed by atoms with Gasteiger partial charge in [0.25, 0.3) is 10.0 Å². The van der Waals surface area contributed by atoms with Gasteiger partial charge in [-0.2, -0.15) is 5.26 Å². The Labute approximate surface area is 192 Å². The summed E-state index contributed by atoms with van der Waals surface area (Å²) >= 11 is 0. The Morgan fingerprint density at radius 3 is 2.22 bits per heavy atom. The fraction of sp³-hybridized carbons (Fsp3) is 0.600. The molecule has 3 aliphatic rings. The van der Waals surface area contributed by atoms with Crippen LogP contribution in [0.1, 0.15) is 76.2 Å². The minimum Gasteiger partial charge on any atom is -0.384 e. The van der Waals surface area contributed by atoms with E-state index in [2.05, 4.69) is 11.4 Å². The number of hydrogen-bond acceptors (Lipinski definition) is 5. The van der Waals surface area contributed by atoms with E-state index in [9.17, 15) is 13.7 Å². The number of benzene rings is 1. The van der Waals surface area contributed by atoms with E-state index in [1.54, 1.807) is 24.3 Å². The highest BCUT2D eigenvalue weighted by atomic mass is 32.2. The molecule has 0 aromatic heterocycles. The average Bonchev–Trinajstić information content (AvgIpc) is 2.76. The molecule has 4 rings (SSSR count). The predicted octanol–water partition coefficient (Wildman–Crippen LogP) is 5.02. The molecule has 0 bridgehead atoms. The van der Waals surface area contributed by atoms with Crippen molar-refractivity contribution in [1.29, 1.82) is 10.7 Å². The lowest BCUT2D eigenvalue weighted by atomic mass is 9.79. The Bertz CT molecular complexity index is 1020. The Hall–Kier alpha value is -2.33. The van der Waals surface area contributed by atoms with Crippen LogP contribution >= 0.6 is 0 Å². The van der Waals surface area contributed by atoms with Crippen LogP contribution in [-0.2, 0) is 10.0 Å². The molecule has 2 fully saturated rings. The number of sulfonamides is 1. The molecule has 0 radical (unpaired) electrons. The largest absolute Gasteiger partial charge is 0.384 e. The molecule has 1 heterocycles. The van der Waals surface area contributed by atoms with Crippen molar-refractivity contribution in [1.82, 2.24) is 9.62 Å². The zero-order valence-corrected chi connectivity index (χ0v) is 19.8. The minimum atomic E-state index is -3.93. The molecule has 1 aromatic rings. The first-order valence-corrected chi connectivity index (χ1v) is 13.5. The van der Waals surface area contributed by atoms with Crippen molar-refractivity contribution in [3.8, 4) is 6.07 Å². The first-order chi connectivity index (χ1) is 15.4. The third kappa shape index (κ3) is 4.43. The van der Waals surface area contributed by atoms with Gasteiger partial charge in [-0.3, -0.25) is 5.41 Å². The van der Waals surface area contributed by atoms with Crippen molar-refractivity contribution in [3.63, 3.8) is 0 Å². The van der Waals surface area contributed by atoms with Gasteiger partial charge in [-0.1, -0.05) is 62.6 Å². The second-order valence-corrected chi connectivity index (χ2v) is 11.3. The molecule has 2 unspecified atom stereocenters. The van der Waals surface area contributed by atoms with E-state index in [0.29, 0.717) is 12.5 Å². The smallest absolute Gasteiger partial charge is 0.265 e. The van der Waals surface area contributed by atoms with Gasteiger partial charge in [0, 0.05) is 17.7 Å². The number of amidine groups is 1. The van der Waals surface area contributed by atoms with Gasteiger partial charge in [0.2, 0.25) is 0 Å². The van der Waals surface area contributed by atoms with Gasteiger partial charge in [-0.05, 0) is 44.7 Å². The van der Waals surface area contributed by atoms with Crippen LogP contribution in [0, 0.1) is 29.6 Å². The Morgan fingerprint density at radius 2 is 1.56 bits per heavy atom. The lowest BCUT2D eigenvalue weighted by Crippen LogP contribution is -2.55. The second-order valence-electron chi connectivity index (χ2n) is 9.51. The Kier molecular flexibility index (Phi) is 6.90. The van der Waals surface area contributed by atoms with Crippen LogP contribution in [-0.4, -0.2) is 30.6 Å². The fourth-order valence-corrected chi connectivity index (χ4v) is 7.20. The SMILES string of the molecule is Cc1ccc(S(=O)(=O)N2C(=N)C(C#N)=C(NC3CCCCC3)C3CCCCCCC32)cc1. The van der Waals surface area contributed by atoms with Gasteiger partial charge in [0.1, 0.15) is 11.6 Å². The van der Waals surface area contributed by atoms with Crippen molar-refractivity contribution in [2.45, 2.75) is 94.5 Å². The number of hydrogen-bond donors (Lipinski definition) is 2. The molecular formula is C25H34N4O2S. The Morgan fingerprint density at radius 1 is 0.969 bits per heavy atom. The molecule has 172 valence electrons. The quantitative estimate of drug-likeness (QED) is 0.668. The van der Waals surface area contributed by atoms with Gasteiger partial charge in [-0.15, -0.1) is 0 Å². The normalized spacial score (nSPS) is 25.5. The minimum absolute atomic E-state index is 0.0683. The van der Waals surface area contributed by atoms with Gasteiger partial charge in [-0.25, -0.2) is 12.7 Å². The lowest BCUT2D eigenvalue weighted by molar-refractivity contribution is 0.248. The summed E-state index contributed by atoms with van der Waals surface area (Å²) in [7, 11) is -3.93. The number of aryl methyl sites for hydroxylation is 1. The van der Waals surface area contributed by atoms with E-state index in [0.717, 1.165) is 56.2 Å². The molecule has 32 heavy (non-hydrogen) atoms. The molecule has 2 saturated carbocycles. The van der Waals surface area contributed by atoms with Crippen molar-refractivity contribution in [3.05, 3.63) is 41.1 Å². The fourth-order valence-electron chi connectivity index (χ4n) is 5.55. The number of nitriles is 1. The zero-order valence-electron chi connectivity index (χ0n) is 18.9. The summed E-state index contributed by atoms with van der Waals surface area (Å²) in [5, 5.41) is 22.6. The third-order valence-corrected chi connectivity index (χ3v) is 9.12. The van der Waals surface area contributed by atoms with Gasteiger partial charge >= 0.3 is 0 Å². The molecular weight excluding hydrogens is 420 g/mol. The first kappa shape index (κ1) is 22.8. The zero-order chi connectivity index (χ0) is 22.7. The summed E-state index contributed by atoms with van der Waals surface area (Å²) in [6.07, 6.45) is 11.4. The summed E-state index contributed by atoms with van der Waals surface area (Å²) in [4.78, 5) is 0.189. The summed E-state index contributed by atoms with van der Waals surface area (Å²) in [5.74, 6) is -0.241. The van der Waals surface area contributed by atoms with E-state index in [1.165, 1.54) is 23.6 Å². The maximum Gasteiger partial charge on any atom is 0.265 e. The van der Waals surface area contributed by atoms with Crippen molar-refractivity contribution in [2.24, 2.45) is 5.92 Å². The number of fused-ring (bicyclic) bond motifs is 1. The van der Waals surface area contributed by atoms with Crippen molar-refractivity contribution < 1.29 is 8.42 Å². The van der Waals surface area contributed by atoms with Gasteiger partial charge in [0.05, 0.1) is 10.9 Å². The Balaban J connectivity index is 1.78. The number of nitrogens with one attached hydrogen (secondary N) is 2. The highest BCUT2D eigenvalue weighted by molar-refractivity contribution is 7.89. The van der Waals surface area contributed by atoms with Crippen LogP contribution in [0.3, 0.4) is 0 Å². The predicted molar refractivity (Wildman–Crippen MR) is 126 cm³/mol. The maximum atomic E-state index is 13.8. The average molecular weight is 455 g/mol. The topological polar surface area (TPSA) is 97.1 Å². The standard InChI is InChI=1S/C25H34N4O2S/c1-18-13-15-20(16-14-18)32(30,31)29-23-12-8-3-2-7-11-21(23)24(22(17-26)25(29)27)28-19-9-5-4-6-10-19/h13-16,19,21,23,27-28H,2-12H2,1H3. The molecule has 0 amide bonds. The van der Waals surface area contributed by atoms with Crippen LogP contribution in [0.25, 0.3) is 0 Å². The molecule has 2 aliphatic carbocycles. The van der Waals surface area contributed by atoms with Gasteiger partial charge in [0.15, 0.2) is 5.84 Å². The van der Waals surface area contributed by atoms with Crippen LogP contribution < -0.4 is 5.32 Å². The van der Waals surface area contributed by atoms with E-state index >= 15 is 0 Å². The van der Waals surface area contributed by atoms with Crippen molar-refractivity contribution >= 4 is 15.9 Å².